The van der Waals surface area contributed by atoms with Gasteiger partial charge in [0.05, 0.1) is 17.6 Å². The molecule has 0 fully saturated rings. The van der Waals surface area contributed by atoms with Crippen LogP contribution in [0.3, 0.4) is 0 Å². The van der Waals surface area contributed by atoms with Crippen LogP contribution in [0, 0.1) is 11.3 Å². The number of aromatic nitrogens is 3. The van der Waals surface area contributed by atoms with Crippen molar-refractivity contribution in [1.29, 1.82) is 5.26 Å². The first-order valence-corrected chi connectivity index (χ1v) is 6.94. The van der Waals surface area contributed by atoms with Gasteiger partial charge in [-0.3, -0.25) is 9.67 Å². The van der Waals surface area contributed by atoms with Gasteiger partial charge in [-0.1, -0.05) is 6.07 Å². The van der Waals surface area contributed by atoms with Crippen molar-refractivity contribution in [2.24, 2.45) is 0 Å². The third-order valence-electron chi connectivity index (χ3n) is 3.52. The van der Waals surface area contributed by atoms with Crippen LogP contribution in [0.5, 0.6) is 0 Å². The molecule has 0 amide bonds. The number of pyridine rings is 1. The minimum atomic E-state index is -4.49. The van der Waals surface area contributed by atoms with E-state index in [0.29, 0.717) is 16.5 Å². The molecule has 0 unspecified atom stereocenters. The molecule has 0 spiro atoms. The monoisotopic (exact) mass is 346 g/mol. The SMILES string of the molecule is N#Cc1nn(Cc2ccc3ncc(C(F)(F)F)cc3c2)cc1C(=O)O. The van der Waals surface area contributed by atoms with Crippen LogP contribution in [0.2, 0.25) is 0 Å². The molecule has 0 bridgehead atoms. The summed E-state index contributed by atoms with van der Waals surface area (Å²) in [5.74, 6) is -1.28. The number of carboxylic acids is 1. The zero-order valence-corrected chi connectivity index (χ0v) is 12.4. The number of hydrogen-bond acceptors (Lipinski definition) is 4. The Hall–Kier alpha value is -3.41. The molecule has 0 aliphatic heterocycles. The van der Waals surface area contributed by atoms with Crippen molar-refractivity contribution in [3.05, 3.63) is 59.0 Å². The van der Waals surface area contributed by atoms with Gasteiger partial charge in [0.1, 0.15) is 11.6 Å². The van der Waals surface area contributed by atoms with Gasteiger partial charge < -0.3 is 5.11 Å². The molecule has 0 aliphatic rings. The highest BCUT2D eigenvalue weighted by atomic mass is 19.4. The predicted molar refractivity (Wildman–Crippen MR) is 79.7 cm³/mol. The molecule has 0 atom stereocenters. The highest BCUT2D eigenvalue weighted by Gasteiger charge is 2.31. The van der Waals surface area contributed by atoms with E-state index in [1.165, 1.54) is 16.9 Å². The summed E-state index contributed by atoms with van der Waals surface area (Å²) in [6.45, 7) is 0.105. The van der Waals surface area contributed by atoms with Crippen molar-refractivity contribution in [1.82, 2.24) is 14.8 Å². The van der Waals surface area contributed by atoms with Crippen molar-refractivity contribution in [3.8, 4) is 6.07 Å². The fraction of sp³-hybridized carbons (Fsp3) is 0.125. The molecular formula is C16H9F3N4O2. The van der Waals surface area contributed by atoms with Gasteiger partial charge in [0.15, 0.2) is 5.69 Å². The van der Waals surface area contributed by atoms with Crippen LogP contribution < -0.4 is 0 Å². The maximum atomic E-state index is 12.8. The number of benzene rings is 1. The molecule has 0 saturated heterocycles. The molecule has 1 aromatic carbocycles. The lowest BCUT2D eigenvalue weighted by Gasteiger charge is -2.08. The summed E-state index contributed by atoms with van der Waals surface area (Å²) < 4.78 is 39.6. The quantitative estimate of drug-likeness (QED) is 0.787. The molecule has 2 aromatic heterocycles. The van der Waals surface area contributed by atoms with Gasteiger partial charge >= 0.3 is 12.1 Å². The van der Waals surface area contributed by atoms with Gasteiger partial charge in [0, 0.05) is 17.8 Å². The molecule has 3 rings (SSSR count). The summed E-state index contributed by atoms with van der Waals surface area (Å²) >= 11 is 0. The summed E-state index contributed by atoms with van der Waals surface area (Å²) in [4.78, 5) is 14.8. The fourth-order valence-electron chi connectivity index (χ4n) is 2.36. The second kappa shape index (κ2) is 5.90. The first-order valence-electron chi connectivity index (χ1n) is 6.94. The van der Waals surface area contributed by atoms with Crippen LogP contribution in [-0.4, -0.2) is 25.8 Å². The number of rotatable bonds is 3. The highest BCUT2D eigenvalue weighted by molar-refractivity contribution is 5.89. The smallest absolute Gasteiger partial charge is 0.417 e. The van der Waals surface area contributed by atoms with E-state index in [9.17, 15) is 18.0 Å². The molecular weight excluding hydrogens is 337 g/mol. The van der Waals surface area contributed by atoms with Crippen molar-refractivity contribution in [2.75, 3.05) is 0 Å². The normalized spacial score (nSPS) is 11.4. The van der Waals surface area contributed by atoms with Crippen molar-refractivity contribution in [3.63, 3.8) is 0 Å². The molecule has 0 aliphatic carbocycles. The summed E-state index contributed by atoms with van der Waals surface area (Å²) in [6, 6.07) is 7.42. The fourth-order valence-corrected chi connectivity index (χ4v) is 2.36. The number of aromatic carboxylic acids is 1. The molecule has 25 heavy (non-hydrogen) atoms. The number of carboxylic acid groups (broad SMARTS) is 1. The van der Waals surface area contributed by atoms with E-state index in [-0.39, 0.29) is 17.8 Å². The Labute approximate surface area is 138 Å². The van der Waals surface area contributed by atoms with Crippen LogP contribution in [-0.2, 0) is 12.7 Å². The van der Waals surface area contributed by atoms with Crippen molar-refractivity contribution >= 4 is 16.9 Å². The molecule has 0 saturated carbocycles. The Morgan fingerprint density at radius 2 is 2.08 bits per heavy atom. The Morgan fingerprint density at radius 3 is 2.68 bits per heavy atom. The second-order valence-electron chi connectivity index (χ2n) is 5.25. The summed E-state index contributed by atoms with van der Waals surface area (Å²) in [5, 5.41) is 22.1. The molecule has 1 N–H and O–H groups in total. The van der Waals surface area contributed by atoms with Gasteiger partial charge in [-0.25, -0.2) is 4.79 Å². The van der Waals surface area contributed by atoms with Crippen molar-refractivity contribution < 1.29 is 23.1 Å². The summed E-state index contributed by atoms with van der Waals surface area (Å²) in [7, 11) is 0. The average molecular weight is 346 g/mol. The van der Waals surface area contributed by atoms with Gasteiger partial charge in [-0.2, -0.15) is 23.5 Å². The number of alkyl halides is 3. The Kier molecular flexibility index (Phi) is 3.88. The lowest BCUT2D eigenvalue weighted by molar-refractivity contribution is -0.137. The van der Waals surface area contributed by atoms with Crippen molar-refractivity contribution in [2.45, 2.75) is 12.7 Å². The number of hydrogen-bond donors (Lipinski definition) is 1. The third kappa shape index (κ3) is 3.28. The van der Waals surface area contributed by atoms with Crippen LogP contribution >= 0.6 is 0 Å². The number of halogens is 3. The number of fused-ring (bicyclic) bond motifs is 1. The third-order valence-corrected chi connectivity index (χ3v) is 3.52. The molecule has 6 nitrogen and oxygen atoms in total. The van der Waals surface area contributed by atoms with E-state index in [2.05, 4.69) is 10.1 Å². The van der Waals surface area contributed by atoms with E-state index in [0.717, 1.165) is 12.3 Å². The van der Waals surface area contributed by atoms with E-state index in [4.69, 9.17) is 10.4 Å². The van der Waals surface area contributed by atoms with E-state index < -0.39 is 17.7 Å². The molecule has 0 radical (unpaired) electrons. The standard InChI is InChI=1S/C16H9F3N4O2/c17-16(18,19)11-4-10-3-9(1-2-13(10)21-6-11)7-23-8-12(15(24)25)14(5-20)22-23/h1-4,6,8H,7H2,(H,24,25). The van der Waals surface area contributed by atoms with Gasteiger partial charge in [0.2, 0.25) is 0 Å². The number of nitrogens with zero attached hydrogens (tertiary/aromatic N) is 4. The largest absolute Gasteiger partial charge is 0.478 e. The van der Waals surface area contributed by atoms with Gasteiger partial charge in [0.25, 0.3) is 0 Å². The zero-order valence-electron chi connectivity index (χ0n) is 12.4. The Morgan fingerprint density at radius 1 is 1.32 bits per heavy atom. The van der Waals surface area contributed by atoms with E-state index in [1.807, 2.05) is 0 Å². The number of nitriles is 1. The van der Waals surface area contributed by atoms with Gasteiger partial charge in [-0.05, 0) is 23.8 Å². The predicted octanol–water partition coefficient (Wildman–Crippen LogP) is 3.07. The Balaban J connectivity index is 1.97. The van der Waals surface area contributed by atoms with Crippen LogP contribution in [0.4, 0.5) is 13.2 Å². The molecule has 9 heteroatoms. The second-order valence-corrected chi connectivity index (χ2v) is 5.25. The molecule has 3 aromatic rings. The number of carbonyl (C=O) groups is 1. The van der Waals surface area contributed by atoms with E-state index >= 15 is 0 Å². The minimum absolute atomic E-state index is 0.105. The topological polar surface area (TPSA) is 91.8 Å². The maximum absolute atomic E-state index is 12.8. The van der Waals surface area contributed by atoms with Crippen LogP contribution in [0.1, 0.15) is 27.2 Å². The minimum Gasteiger partial charge on any atom is -0.478 e. The molecule has 2 heterocycles. The van der Waals surface area contributed by atoms with Gasteiger partial charge in [-0.15, -0.1) is 0 Å². The zero-order chi connectivity index (χ0) is 18.2. The van der Waals surface area contributed by atoms with E-state index in [1.54, 1.807) is 18.2 Å². The van der Waals surface area contributed by atoms with Crippen LogP contribution in [0.15, 0.2) is 36.7 Å². The summed E-state index contributed by atoms with van der Waals surface area (Å²) in [6.07, 6.45) is -2.51. The maximum Gasteiger partial charge on any atom is 0.417 e. The average Bonchev–Trinajstić information content (AvgIpc) is 2.96. The first-order chi connectivity index (χ1) is 11.8. The molecule has 126 valence electrons. The first kappa shape index (κ1) is 16.4. The lowest BCUT2D eigenvalue weighted by Crippen LogP contribution is -2.05. The lowest BCUT2D eigenvalue weighted by atomic mass is 10.1. The highest BCUT2D eigenvalue weighted by Crippen LogP contribution is 2.30. The Bertz CT molecular complexity index is 1020. The summed E-state index contributed by atoms with van der Waals surface area (Å²) in [5.41, 5.74) is -0.312. The van der Waals surface area contributed by atoms with Crippen LogP contribution in [0.25, 0.3) is 10.9 Å².